The zero-order chi connectivity index (χ0) is 20.6. The highest BCUT2D eigenvalue weighted by atomic mass is 16.5. The Morgan fingerprint density at radius 2 is 2.14 bits per heavy atom. The fourth-order valence-electron chi connectivity index (χ4n) is 4.16. The number of nitrogens with zero attached hydrogens (tertiary/aromatic N) is 4. The minimum Gasteiger partial charge on any atom is -0.307 e. The van der Waals surface area contributed by atoms with Crippen LogP contribution in [0.1, 0.15) is 44.9 Å². The number of amides is 3. The van der Waals surface area contributed by atoms with Crippen molar-refractivity contribution < 1.29 is 19.6 Å². The van der Waals surface area contributed by atoms with Crippen molar-refractivity contribution >= 4 is 24.0 Å². The Morgan fingerprint density at radius 1 is 1.34 bits per heavy atom. The molecule has 0 unspecified atom stereocenters. The Balaban J connectivity index is 1.72. The van der Waals surface area contributed by atoms with Gasteiger partial charge in [0.15, 0.2) is 5.82 Å². The predicted molar refractivity (Wildman–Crippen MR) is 103 cm³/mol. The van der Waals surface area contributed by atoms with Crippen molar-refractivity contribution in [3.05, 3.63) is 18.3 Å². The van der Waals surface area contributed by atoms with Gasteiger partial charge in [0.2, 0.25) is 18.2 Å². The molecule has 3 rings (SSSR count). The summed E-state index contributed by atoms with van der Waals surface area (Å²) in [5.41, 5.74) is 3.03. The van der Waals surface area contributed by atoms with E-state index in [0.717, 1.165) is 32.1 Å². The first-order chi connectivity index (χ1) is 14.1. The highest BCUT2D eigenvalue weighted by molar-refractivity contribution is 5.96. The number of rotatable bonds is 8. The average molecular weight is 404 g/mol. The van der Waals surface area contributed by atoms with Crippen LogP contribution < -0.4 is 10.7 Å². The molecule has 0 radical (unpaired) electrons. The summed E-state index contributed by atoms with van der Waals surface area (Å²) < 4.78 is 0. The number of anilines is 1. The van der Waals surface area contributed by atoms with Crippen LogP contribution >= 0.6 is 0 Å². The van der Waals surface area contributed by atoms with Gasteiger partial charge in [-0.1, -0.05) is 25.7 Å². The summed E-state index contributed by atoms with van der Waals surface area (Å²) in [4.78, 5) is 37.0. The molecule has 1 aromatic heterocycles. The second-order valence-corrected chi connectivity index (χ2v) is 7.68. The van der Waals surface area contributed by atoms with Crippen molar-refractivity contribution in [1.29, 1.82) is 0 Å². The molecule has 0 aromatic carbocycles. The number of nitrogens with one attached hydrogen (secondary N) is 2. The van der Waals surface area contributed by atoms with Crippen LogP contribution in [-0.2, 0) is 14.4 Å². The molecule has 2 atom stereocenters. The van der Waals surface area contributed by atoms with Gasteiger partial charge in [0.05, 0.1) is 12.5 Å². The van der Waals surface area contributed by atoms with Crippen LogP contribution in [0.4, 0.5) is 5.82 Å². The van der Waals surface area contributed by atoms with Gasteiger partial charge < -0.3 is 5.32 Å². The van der Waals surface area contributed by atoms with Gasteiger partial charge in [-0.05, 0) is 37.3 Å². The van der Waals surface area contributed by atoms with E-state index in [1.165, 1.54) is 11.2 Å². The standard InChI is InChI=1S/C19H28N6O4/c26-13-24(29)12-15(11-14-5-1-2-6-14)19(28)25-16(7-3-10-21-25)18(27)22-17-8-4-9-20-23-17/h4,8-9,13-16,21,29H,1-3,5-7,10-12H2,(H,22,23,27)/t15-,16+/m1/s1. The lowest BCUT2D eigenvalue weighted by molar-refractivity contribution is -0.161. The average Bonchev–Trinajstić information content (AvgIpc) is 3.26. The lowest BCUT2D eigenvalue weighted by Gasteiger charge is -2.37. The summed E-state index contributed by atoms with van der Waals surface area (Å²) in [7, 11) is 0. The van der Waals surface area contributed by atoms with Crippen molar-refractivity contribution in [2.45, 2.75) is 51.0 Å². The number of aromatic nitrogens is 2. The number of carbonyl (C=O) groups is 3. The predicted octanol–water partition coefficient (Wildman–Crippen LogP) is 0.955. The summed E-state index contributed by atoms with van der Waals surface area (Å²) in [6, 6.07) is 2.59. The Morgan fingerprint density at radius 3 is 2.83 bits per heavy atom. The molecule has 158 valence electrons. The second-order valence-electron chi connectivity index (χ2n) is 7.68. The van der Waals surface area contributed by atoms with E-state index in [0.29, 0.717) is 42.6 Å². The van der Waals surface area contributed by atoms with Crippen LogP contribution in [0.2, 0.25) is 0 Å². The fourth-order valence-corrected chi connectivity index (χ4v) is 4.16. The number of hydrogen-bond acceptors (Lipinski definition) is 7. The van der Waals surface area contributed by atoms with Crippen LogP contribution in [0.25, 0.3) is 0 Å². The molecule has 29 heavy (non-hydrogen) atoms. The zero-order valence-electron chi connectivity index (χ0n) is 16.4. The van der Waals surface area contributed by atoms with Crippen molar-refractivity contribution in [1.82, 2.24) is 25.7 Å². The molecule has 3 amide bonds. The minimum absolute atomic E-state index is 0.0878. The summed E-state index contributed by atoms with van der Waals surface area (Å²) in [6.07, 6.45) is 8.00. The van der Waals surface area contributed by atoms with Gasteiger partial charge in [-0.3, -0.25) is 24.6 Å². The van der Waals surface area contributed by atoms with Crippen LogP contribution in [0, 0.1) is 11.8 Å². The van der Waals surface area contributed by atoms with E-state index in [2.05, 4.69) is 20.9 Å². The normalized spacial score (nSPS) is 20.9. The molecule has 1 aliphatic carbocycles. The molecule has 10 nitrogen and oxygen atoms in total. The first-order valence-corrected chi connectivity index (χ1v) is 10.1. The van der Waals surface area contributed by atoms with Crippen LogP contribution in [0.3, 0.4) is 0 Å². The SMILES string of the molecule is O=CN(O)C[C@@H](CC1CCCC1)C(=O)N1NCCC[C@H]1C(=O)Nc1cccnn1. The molecule has 2 heterocycles. The van der Waals surface area contributed by atoms with E-state index in [9.17, 15) is 19.6 Å². The third-order valence-electron chi connectivity index (χ3n) is 5.58. The van der Waals surface area contributed by atoms with E-state index < -0.39 is 12.0 Å². The maximum Gasteiger partial charge on any atom is 0.250 e. The van der Waals surface area contributed by atoms with Crippen molar-refractivity contribution in [2.24, 2.45) is 11.8 Å². The zero-order valence-corrected chi connectivity index (χ0v) is 16.4. The minimum atomic E-state index is -0.701. The first-order valence-electron chi connectivity index (χ1n) is 10.1. The van der Waals surface area contributed by atoms with Gasteiger partial charge in [0.1, 0.15) is 6.04 Å². The van der Waals surface area contributed by atoms with E-state index >= 15 is 0 Å². The quantitative estimate of drug-likeness (QED) is 0.334. The Hall–Kier alpha value is -2.59. The summed E-state index contributed by atoms with van der Waals surface area (Å²) in [5, 5.41) is 21.9. The number of hydrazine groups is 1. The lowest BCUT2D eigenvalue weighted by Crippen LogP contribution is -2.59. The van der Waals surface area contributed by atoms with E-state index in [1.54, 1.807) is 12.1 Å². The molecule has 3 N–H and O–H groups in total. The molecule has 1 saturated carbocycles. The first kappa shape index (κ1) is 21.1. The molecule has 2 fully saturated rings. The maximum atomic E-state index is 13.3. The highest BCUT2D eigenvalue weighted by Gasteiger charge is 2.37. The van der Waals surface area contributed by atoms with E-state index in [4.69, 9.17) is 0 Å². The third-order valence-corrected chi connectivity index (χ3v) is 5.58. The summed E-state index contributed by atoms with van der Waals surface area (Å²) in [5.74, 6) is -0.495. The smallest absolute Gasteiger partial charge is 0.250 e. The van der Waals surface area contributed by atoms with Crippen molar-refractivity contribution in [3.8, 4) is 0 Å². The Bertz CT molecular complexity index is 697. The molecule has 1 aliphatic heterocycles. The molecule has 0 spiro atoms. The van der Waals surface area contributed by atoms with Gasteiger partial charge in [-0.15, -0.1) is 5.10 Å². The van der Waals surface area contributed by atoms with Gasteiger partial charge in [-0.2, -0.15) is 5.10 Å². The number of hydrogen-bond donors (Lipinski definition) is 3. The second kappa shape index (κ2) is 10.3. The van der Waals surface area contributed by atoms with Crippen molar-refractivity contribution in [3.63, 3.8) is 0 Å². The molecule has 1 aromatic rings. The maximum absolute atomic E-state index is 13.3. The summed E-state index contributed by atoms with van der Waals surface area (Å²) >= 11 is 0. The van der Waals surface area contributed by atoms with Gasteiger partial charge in [-0.25, -0.2) is 10.5 Å². The number of carbonyl (C=O) groups excluding carboxylic acids is 3. The topological polar surface area (TPSA) is 128 Å². The fraction of sp³-hybridized carbons (Fsp3) is 0.632. The van der Waals surface area contributed by atoms with E-state index in [1.807, 2.05) is 0 Å². The van der Waals surface area contributed by atoms with E-state index in [-0.39, 0.29) is 18.4 Å². The number of hydroxylamine groups is 2. The van der Waals surface area contributed by atoms with Gasteiger partial charge >= 0.3 is 0 Å². The van der Waals surface area contributed by atoms with Crippen LogP contribution in [0.15, 0.2) is 18.3 Å². The lowest BCUT2D eigenvalue weighted by atomic mass is 9.91. The Kier molecular flexibility index (Phi) is 7.48. The van der Waals surface area contributed by atoms with Crippen molar-refractivity contribution in [2.75, 3.05) is 18.4 Å². The Labute approximate surface area is 169 Å². The third kappa shape index (κ3) is 5.70. The molecule has 0 bridgehead atoms. The van der Waals surface area contributed by atoms with Gasteiger partial charge in [0.25, 0.3) is 0 Å². The highest BCUT2D eigenvalue weighted by Crippen LogP contribution is 2.31. The molecule has 10 heteroatoms. The largest absolute Gasteiger partial charge is 0.307 e. The van der Waals surface area contributed by atoms with Gasteiger partial charge in [0, 0.05) is 12.7 Å². The monoisotopic (exact) mass is 404 g/mol. The summed E-state index contributed by atoms with van der Waals surface area (Å²) in [6.45, 7) is 0.489. The molecule has 2 aliphatic rings. The molecular formula is C19H28N6O4. The molecule has 1 saturated heterocycles. The van der Waals surface area contributed by atoms with Crippen LogP contribution in [0.5, 0.6) is 0 Å². The molecular weight excluding hydrogens is 376 g/mol. The van der Waals surface area contributed by atoms with Crippen LogP contribution in [-0.4, -0.2) is 62.8 Å².